The number of nitrogens with two attached hydrogens (primary N) is 1. The van der Waals surface area contributed by atoms with E-state index in [4.69, 9.17) is 21.9 Å². The van der Waals surface area contributed by atoms with E-state index in [0.717, 1.165) is 25.1 Å². The van der Waals surface area contributed by atoms with Gasteiger partial charge in [0.25, 0.3) is 0 Å². The molecule has 1 atom stereocenters. The standard InChI is InChI=1S/C16H20ClN5O/c1-11-3-2-8-22(10-11)16(18)19-9-14-20-15(21-23-14)12-4-6-13(17)7-5-12/h4-7,11H,2-3,8-10H2,1H3,(H2,18,19). The molecule has 0 aliphatic carbocycles. The molecule has 1 saturated heterocycles. The SMILES string of the molecule is CC1CCCN(C(N)=NCc2nc(-c3ccc(Cl)cc3)no2)C1. The van der Waals surface area contributed by atoms with Crippen molar-refractivity contribution in [1.82, 2.24) is 15.0 Å². The fourth-order valence-electron chi connectivity index (χ4n) is 2.68. The Morgan fingerprint density at radius 1 is 1.43 bits per heavy atom. The molecule has 0 saturated carbocycles. The maximum atomic E-state index is 6.06. The average molecular weight is 334 g/mol. The van der Waals surface area contributed by atoms with Crippen molar-refractivity contribution < 1.29 is 4.52 Å². The Morgan fingerprint density at radius 3 is 2.96 bits per heavy atom. The van der Waals surface area contributed by atoms with Gasteiger partial charge in [-0.15, -0.1) is 0 Å². The Bertz CT molecular complexity index is 682. The molecule has 0 radical (unpaired) electrons. The first-order chi connectivity index (χ1) is 11.1. The van der Waals surface area contributed by atoms with Crippen LogP contribution < -0.4 is 5.73 Å². The van der Waals surface area contributed by atoms with Crippen LogP contribution >= 0.6 is 11.6 Å². The largest absolute Gasteiger partial charge is 0.370 e. The normalized spacial score (nSPS) is 19.1. The molecule has 1 fully saturated rings. The van der Waals surface area contributed by atoms with Crippen LogP contribution in [0.4, 0.5) is 0 Å². The second kappa shape index (κ2) is 7.00. The lowest BCUT2D eigenvalue weighted by molar-refractivity contribution is 0.270. The Balaban J connectivity index is 1.64. The van der Waals surface area contributed by atoms with Gasteiger partial charge in [-0.2, -0.15) is 4.98 Å². The van der Waals surface area contributed by atoms with Crippen LogP contribution in [0.1, 0.15) is 25.7 Å². The molecule has 1 aromatic carbocycles. The van der Waals surface area contributed by atoms with E-state index in [-0.39, 0.29) is 6.54 Å². The van der Waals surface area contributed by atoms with Crippen LogP contribution in [0.5, 0.6) is 0 Å². The fraction of sp³-hybridized carbons (Fsp3) is 0.438. The summed E-state index contributed by atoms with van der Waals surface area (Å²) in [5, 5.41) is 4.64. The number of aromatic nitrogens is 2. The molecule has 6 nitrogen and oxygen atoms in total. The lowest BCUT2D eigenvalue weighted by Crippen LogP contribution is -2.43. The number of aliphatic imine (C=N–C) groups is 1. The predicted molar refractivity (Wildman–Crippen MR) is 90.0 cm³/mol. The van der Waals surface area contributed by atoms with E-state index in [1.165, 1.54) is 6.42 Å². The summed E-state index contributed by atoms with van der Waals surface area (Å²) in [6.07, 6.45) is 2.40. The first-order valence-corrected chi connectivity index (χ1v) is 8.13. The zero-order valence-electron chi connectivity index (χ0n) is 13.1. The van der Waals surface area contributed by atoms with Gasteiger partial charge in [0, 0.05) is 23.7 Å². The van der Waals surface area contributed by atoms with E-state index in [2.05, 4.69) is 27.0 Å². The van der Waals surface area contributed by atoms with Crippen LogP contribution in [-0.4, -0.2) is 34.1 Å². The molecule has 1 aliphatic heterocycles. The van der Waals surface area contributed by atoms with E-state index < -0.39 is 0 Å². The van der Waals surface area contributed by atoms with Gasteiger partial charge in [-0.25, -0.2) is 4.99 Å². The van der Waals surface area contributed by atoms with E-state index >= 15 is 0 Å². The van der Waals surface area contributed by atoms with Crippen molar-refractivity contribution in [2.75, 3.05) is 13.1 Å². The van der Waals surface area contributed by atoms with Crippen molar-refractivity contribution in [2.45, 2.75) is 26.3 Å². The summed E-state index contributed by atoms with van der Waals surface area (Å²) in [5.41, 5.74) is 6.92. The number of guanidine groups is 1. The third kappa shape index (κ3) is 4.01. The quantitative estimate of drug-likeness (QED) is 0.690. The molecule has 7 heteroatoms. The van der Waals surface area contributed by atoms with Gasteiger partial charge < -0.3 is 15.2 Å². The van der Waals surface area contributed by atoms with Gasteiger partial charge in [-0.1, -0.05) is 23.7 Å². The monoisotopic (exact) mass is 333 g/mol. The number of piperidine rings is 1. The highest BCUT2D eigenvalue weighted by atomic mass is 35.5. The third-order valence-electron chi connectivity index (χ3n) is 3.93. The number of likely N-dealkylation sites (tertiary alicyclic amines) is 1. The van der Waals surface area contributed by atoms with Gasteiger partial charge >= 0.3 is 0 Å². The fourth-order valence-corrected chi connectivity index (χ4v) is 2.81. The maximum Gasteiger partial charge on any atom is 0.248 e. The Hall–Kier alpha value is -2.08. The Labute approximate surface area is 140 Å². The van der Waals surface area contributed by atoms with Gasteiger partial charge in [-0.05, 0) is 43.0 Å². The zero-order chi connectivity index (χ0) is 16.2. The van der Waals surface area contributed by atoms with E-state index in [9.17, 15) is 0 Å². The zero-order valence-corrected chi connectivity index (χ0v) is 13.8. The van der Waals surface area contributed by atoms with Crippen molar-refractivity contribution in [2.24, 2.45) is 16.6 Å². The smallest absolute Gasteiger partial charge is 0.248 e. The lowest BCUT2D eigenvalue weighted by atomic mass is 10.0. The first kappa shape index (κ1) is 15.8. The molecule has 2 aromatic rings. The number of rotatable bonds is 3. The van der Waals surface area contributed by atoms with Crippen molar-refractivity contribution in [3.05, 3.63) is 35.2 Å². The third-order valence-corrected chi connectivity index (χ3v) is 4.18. The van der Waals surface area contributed by atoms with Crippen LogP contribution in [0.15, 0.2) is 33.8 Å². The van der Waals surface area contributed by atoms with Gasteiger partial charge in [0.15, 0.2) is 5.96 Å². The second-order valence-electron chi connectivity index (χ2n) is 5.89. The van der Waals surface area contributed by atoms with Crippen molar-refractivity contribution in [3.8, 4) is 11.4 Å². The second-order valence-corrected chi connectivity index (χ2v) is 6.32. The molecule has 3 rings (SSSR count). The van der Waals surface area contributed by atoms with E-state index in [1.807, 2.05) is 12.1 Å². The van der Waals surface area contributed by atoms with E-state index in [1.54, 1.807) is 12.1 Å². The number of hydrogen-bond acceptors (Lipinski definition) is 4. The molecule has 0 amide bonds. The molecular weight excluding hydrogens is 314 g/mol. The summed E-state index contributed by atoms with van der Waals surface area (Å²) >= 11 is 5.87. The van der Waals surface area contributed by atoms with Crippen LogP contribution in [0.2, 0.25) is 5.02 Å². The average Bonchev–Trinajstić information content (AvgIpc) is 3.02. The van der Waals surface area contributed by atoms with Gasteiger partial charge in [0.05, 0.1) is 0 Å². The summed E-state index contributed by atoms with van der Waals surface area (Å²) in [5.74, 6) is 2.17. The van der Waals surface area contributed by atoms with E-state index in [0.29, 0.717) is 28.6 Å². The number of hydrogen-bond donors (Lipinski definition) is 1. The van der Waals surface area contributed by atoms with Crippen LogP contribution in [0, 0.1) is 5.92 Å². The minimum absolute atomic E-state index is 0.289. The van der Waals surface area contributed by atoms with Crippen molar-refractivity contribution in [3.63, 3.8) is 0 Å². The number of nitrogens with zero attached hydrogens (tertiary/aromatic N) is 4. The minimum atomic E-state index is 0.289. The van der Waals surface area contributed by atoms with Crippen molar-refractivity contribution in [1.29, 1.82) is 0 Å². The Kier molecular flexibility index (Phi) is 4.81. The van der Waals surface area contributed by atoms with Gasteiger partial charge in [0.1, 0.15) is 6.54 Å². The summed E-state index contributed by atoms with van der Waals surface area (Å²) < 4.78 is 5.23. The van der Waals surface area contributed by atoms with Gasteiger partial charge in [0.2, 0.25) is 11.7 Å². The number of halogens is 1. The molecule has 0 spiro atoms. The molecule has 1 aliphatic rings. The minimum Gasteiger partial charge on any atom is -0.370 e. The molecule has 1 unspecified atom stereocenters. The maximum absolute atomic E-state index is 6.06. The van der Waals surface area contributed by atoms with Crippen LogP contribution in [0.25, 0.3) is 11.4 Å². The Morgan fingerprint density at radius 2 is 2.22 bits per heavy atom. The molecule has 122 valence electrons. The topological polar surface area (TPSA) is 80.5 Å². The molecule has 23 heavy (non-hydrogen) atoms. The summed E-state index contributed by atoms with van der Waals surface area (Å²) in [6.45, 7) is 4.43. The molecule has 2 heterocycles. The molecule has 2 N–H and O–H groups in total. The highest BCUT2D eigenvalue weighted by Crippen LogP contribution is 2.19. The molecule has 1 aromatic heterocycles. The molecular formula is C16H20ClN5O. The highest BCUT2D eigenvalue weighted by Gasteiger charge is 2.18. The lowest BCUT2D eigenvalue weighted by Gasteiger charge is -2.31. The summed E-state index contributed by atoms with van der Waals surface area (Å²) in [7, 11) is 0. The van der Waals surface area contributed by atoms with Crippen LogP contribution in [0.3, 0.4) is 0 Å². The van der Waals surface area contributed by atoms with Crippen LogP contribution in [-0.2, 0) is 6.54 Å². The first-order valence-electron chi connectivity index (χ1n) is 7.75. The van der Waals surface area contributed by atoms with Crippen molar-refractivity contribution >= 4 is 17.6 Å². The summed E-state index contributed by atoms with van der Waals surface area (Å²) in [4.78, 5) is 10.8. The highest BCUT2D eigenvalue weighted by molar-refractivity contribution is 6.30. The predicted octanol–water partition coefficient (Wildman–Crippen LogP) is 2.94. The molecule has 0 bridgehead atoms. The number of benzene rings is 1. The summed E-state index contributed by atoms with van der Waals surface area (Å²) in [6, 6.07) is 7.29. The van der Waals surface area contributed by atoms with Gasteiger partial charge in [-0.3, -0.25) is 0 Å².